The van der Waals surface area contributed by atoms with E-state index in [1.807, 2.05) is 18.2 Å². The molecular formula is C42H76O6. The van der Waals surface area contributed by atoms with E-state index in [9.17, 15) is 19.8 Å². The molecule has 0 saturated heterocycles. The largest absolute Gasteiger partial charge is 0.463 e. The first kappa shape index (κ1) is 46.1. The second kappa shape index (κ2) is 37.9. The molecule has 0 aromatic heterocycles. The van der Waals surface area contributed by atoms with Crippen LogP contribution >= 0.6 is 0 Å². The number of rotatable bonds is 36. The second-order valence-corrected chi connectivity index (χ2v) is 13.6. The van der Waals surface area contributed by atoms with Crippen molar-refractivity contribution in [1.82, 2.24) is 0 Å². The van der Waals surface area contributed by atoms with E-state index in [4.69, 9.17) is 9.47 Å². The summed E-state index contributed by atoms with van der Waals surface area (Å²) in [5, 5.41) is 20.0. The molecule has 1 unspecified atom stereocenters. The van der Waals surface area contributed by atoms with Crippen LogP contribution in [0.4, 0.5) is 0 Å². The summed E-state index contributed by atoms with van der Waals surface area (Å²) in [5.74, 6) is -0.634. The van der Waals surface area contributed by atoms with Crippen LogP contribution < -0.4 is 0 Å². The van der Waals surface area contributed by atoms with Crippen LogP contribution in [0.15, 0.2) is 36.5 Å². The maximum absolute atomic E-state index is 12.0. The average Bonchev–Trinajstić information content (AvgIpc) is 3.08. The molecule has 0 aromatic carbocycles. The van der Waals surface area contributed by atoms with Crippen LogP contribution in [-0.2, 0) is 19.1 Å². The molecule has 0 rings (SSSR count). The fraction of sp³-hybridized carbons (Fsp3) is 0.810. The molecule has 0 fully saturated rings. The smallest absolute Gasteiger partial charge is 0.305 e. The quantitative estimate of drug-likeness (QED) is 0.0297. The standard InChI is InChI=1S/C42H76O6/c1-3-5-7-9-11-12-13-14-15-16-17-18-19-20-21-23-27-31-35-41(45)47-37-40(44)38-48-42(46)36-32-28-24-26-30-34-39(43)33-29-25-22-10-8-6-4-2/h6,8,22,25,29,33,39-40,43-44H,3-5,7,9-21,23-24,26-28,30-32,34-38H2,1-2H3/b8-6+,25-22+,33-29+/t39?,40-/m1/s1. The summed E-state index contributed by atoms with van der Waals surface area (Å²) in [6.45, 7) is 4.10. The van der Waals surface area contributed by atoms with Gasteiger partial charge in [-0.3, -0.25) is 9.59 Å². The highest BCUT2D eigenvalue weighted by atomic mass is 16.6. The Bertz CT molecular complexity index is 789. The molecule has 0 spiro atoms. The summed E-state index contributed by atoms with van der Waals surface area (Å²) in [4.78, 5) is 23.9. The van der Waals surface area contributed by atoms with Crippen LogP contribution in [0.3, 0.4) is 0 Å². The fourth-order valence-electron chi connectivity index (χ4n) is 5.68. The highest BCUT2D eigenvalue weighted by Crippen LogP contribution is 2.15. The minimum absolute atomic E-state index is 0.140. The van der Waals surface area contributed by atoms with Crippen molar-refractivity contribution in [2.45, 2.75) is 206 Å². The van der Waals surface area contributed by atoms with Crippen LogP contribution in [0, 0.1) is 0 Å². The number of unbranched alkanes of at least 4 members (excludes halogenated alkanes) is 21. The topological polar surface area (TPSA) is 93.1 Å². The number of esters is 2. The maximum atomic E-state index is 12.0. The molecule has 0 saturated carbocycles. The van der Waals surface area contributed by atoms with Gasteiger partial charge in [-0.05, 0) is 32.1 Å². The monoisotopic (exact) mass is 677 g/mol. The van der Waals surface area contributed by atoms with Crippen molar-refractivity contribution in [3.8, 4) is 0 Å². The Balaban J connectivity index is 3.48. The molecule has 0 aliphatic heterocycles. The molecule has 0 heterocycles. The van der Waals surface area contributed by atoms with Gasteiger partial charge in [-0.1, -0.05) is 185 Å². The lowest BCUT2D eigenvalue weighted by atomic mass is 10.0. The Morgan fingerprint density at radius 3 is 1.38 bits per heavy atom. The summed E-state index contributed by atoms with van der Waals surface area (Å²) in [6, 6.07) is 0. The number of allylic oxidation sites excluding steroid dienone is 5. The minimum atomic E-state index is -0.993. The van der Waals surface area contributed by atoms with Crippen LogP contribution in [0.25, 0.3) is 0 Å². The number of aliphatic hydroxyl groups excluding tert-OH is 2. The van der Waals surface area contributed by atoms with E-state index in [0.29, 0.717) is 12.8 Å². The van der Waals surface area contributed by atoms with Gasteiger partial charge in [0.25, 0.3) is 0 Å². The third-order valence-electron chi connectivity index (χ3n) is 8.74. The molecule has 0 aliphatic rings. The predicted octanol–water partition coefficient (Wildman–Crippen LogP) is 11.4. The lowest BCUT2D eigenvalue weighted by molar-refractivity contribution is -0.152. The summed E-state index contributed by atoms with van der Waals surface area (Å²) in [5.41, 5.74) is 0. The molecule has 48 heavy (non-hydrogen) atoms. The molecule has 2 N–H and O–H groups in total. The molecule has 6 heteroatoms. The first-order valence-corrected chi connectivity index (χ1v) is 20.1. The molecule has 2 atom stereocenters. The molecule has 0 radical (unpaired) electrons. The Morgan fingerprint density at radius 2 is 0.938 bits per heavy atom. The zero-order valence-corrected chi connectivity index (χ0v) is 31.4. The lowest BCUT2D eigenvalue weighted by Gasteiger charge is -2.12. The molecular weight excluding hydrogens is 600 g/mol. The van der Waals surface area contributed by atoms with Crippen molar-refractivity contribution in [3.05, 3.63) is 36.5 Å². The summed E-state index contributed by atoms with van der Waals surface area (Å²) >= 11 is 0. The van der Waals surface area contributed by atoms with Crippen LogP contribution in [-0.4, -0.2) is 47.6 Å². The van der Waals surface area contributed by atoms with Crippen molar-refractivity contribution in [2.24, 2.45) is 0 Å². The van der Waals surface area contributed by atoms with Gasteiger partial charge in [0.1, 0.15) is 19.3 Å². The Morgan fingerprint density at radius 1 is 0.521 bits per heavy atom. The van der Waals surface area contributed by atoms with Crippen molar-refractivity contribution in [2.75, 3.05) is 13.2 Å². The predicted molar refractivity (Wildman–Crippen MR) is 202 cm³/mol. The first-order valence-electron chi connectivity index (χ1n) is 20.1. The summed E-state index contributed by atoms with van der Waals surface area (Å²) < 4.78 is 10.3. The van der Waals surface area contributed by atoms with E-state index >= 15 is 0 Å². The van der Waals surface area contributed by atoms with Gasteiger partial charge in [0, 0.05) is 12.8 Å². The van der Waals surface area contributed by atoms with Crippen molar-refractivity contribution in [1.29, 1.82) is 0 Å². The Labute approximate surface area is 296 Å². The number of ether oxygens (including phenoxy) is 2. The summed E-state index contributed by atoms with van der Waals surface area (Å²) in [7, 11) is 0. The zero-order valence-electron chi connectivity index (χ0n) is 31.4. The van der Waals surface area contributed by atoms with Crippen molar-refractivity contribution < 1.29 is 29.3 Å². The molecule has 280 valence electrons. The Hall–Kier alpha value is -1.92. The normalized spacial score (nSPS) is 13.2. The van der Waals surface area contributed by atoms with Gasteiger partial charge in [0.05, 0.1) is 6.10 Å². The van der Waals surface area contributed by atoms with Crippen molar-refractivity contribution in [3.63, 3.8) is 0 Å². The number of hydrogen-bond acceptors (Lipinski definition) is 6. The van der Waals surface area contributed by atoms with E-state index in [1.54, 1.807) is 0 Å². The van der Waals surface area contributed by atoms with Crippen LogP contribution in [0.5, 0.6) is 0 Å². The molecule has 0 aromatic rings. The SMILES string of the molecule is CC/C=C/C/C=C/C=C/C(O)CCCCCCCC(=O)OC[C@H](O)COC(=O)CCCCCCCCCCCCCCCCCCCC. The Kier molecular flexibility index (Phi) is 36.4. The highest BCUT2D eigenvalue weighted by Gasteiger charge is 2.12. The minimum Gasteiger partial charge on any atom is -0.463 e. The van der Waals surface area contributed by atoms with Gasteiger partial charge < -0.3 is 19.7 Å². The fourth-order valence-corrected chi connectivity index (χ4v) is 5.68. The van der Waals surface area contributed by atoms with Gasteiger partial charge in [-0.15, -0.1) is 0 Å². The van der Waals surface area contributed by atoms with Crippen LogP contribution in [0.2, 0.25) is 0 Å². The second-order valence-electron chi connectivity index (χ2n) is 13.6. The third kappa shape index (κ3) is 36.9. The molecule has 0 bridgehead atoms. The van der Waals surface area contributed by atoms with E-state index < -0.39 is 12.2 Å². The maximum Gasteiger partial charge on any atom is 0.305 e. The van der Waals surface area contributed by atoms with E-state index in [0.717, 1.165) is 70.6 Å². The van der Waals surface area contributed by atoms with Gasteiger partial charge in [-0.25, -0.2) is 0 Å². The van der Waals surface area contributed by atoms with E-state index in [2.05, 4.69) is 32.1 Å². The lowest BCUT2D eigenvalue weighted by Crippen LogP contribution is -2.25. The summed E-state index contributed by atoms with van der Waals surface area (Å²) in [6.07, 6.45) is 42.2. The third-order valence-corrected chi connectivity index (χ3v) is 8.74. The van der Waals surface area contributed by atoms with Crippen LogP contribution in [0.1, 0.15) is 194 Å². The van der Waals surface area contributed by atoms with E-state index in [1.165, 1.54) is 96.3 Å². The number of aliphatic hydroxyl groups is 2. The van der Waals surface area contributed by atoms with Gasteiger partial charge in [0.2, 0.25) is 0 Å². The van der Waals surface area contributed by atoms with Gasteiger partial charge >= 0.3 is 11.9 Å². The highest BCUT2D eigenvalue weighted by molar-refractivity contribution is 5.69. The van der Waals surface area contributed by atoms with E-state index in [-0.39, 0.29) is 25.2 Å². The van der Waals surface area contributed by atoms with Gasteiger partial charge in [-0.2, -0.15) is 0 Å². The number of hydrogen-bond donors (Lipinski definition) is 2. The molecule has 0 aliphatic carbocycles. The zero-order chi connectivity index (χ0) is 35.2. The number of carbonyl (C=O) groups excluding carboxylic acids is 2. The van der Waals surface area contributed by atoms with Gasteiger partial charge in [0.15, 0.2) is 0 Å². The molecule has 6 nitrogen and oxygen atoms in total. The average molecular weight is 677 g/mol. The van der Waals surface area contributed by atoms with Crippen molar-refractivity contribution >= 4 is 11.9 Å². The first-order chi connectivity index (χ1) is 23.5. The molecule has 0 amide bonds. The number of carbonyl (C=O) groups is 2.